The van der Waals surface area contributed by atoms with Gasteiger partial charge in [0.1, 0.15) is 0 Å². The Kier molecular flexibility index (Phi) is 4.17. The van der Waals surface area contributed by atoms with Crippen LogP contribution in [0.15, 0.2) is 36.1 Å². The standard InChI is InChI=1S/C17H18N4O2S/c22-15(7-14-10-21-5-6-24-17(21)20-14)18-8-13-3-4-16(19-9-13)23-11-12-1-2-12/h3-6,9-10,12H,1-2,7-8,11H2,(H,18,22). The molecule has 1 N–H and O–H groups in total. The zero-order chi connectivity index (χ0) is 16.4. The topological polar surface area (TPSA) is 68.5 Å². The zero-order valence-corrected chi connectivity index (χ0v) is 14.0. The quantitative estimate of drug-likeness (QED) is 0.716. The van der Waals surface area contributed by atoms with E-state index >= 15 is 0 Å². The molecule has 1 fully saturated rings. The molecule has 0 aliphatic heterocycles. The van der Waals surface area contributed by atoms with Crippen molar-refractivity contribution in [2.24, 2.45) is 5.92 Å². The maximum atomic E-state index is 12.0. The number of carbonyl (C=O) groups excluding carboxylic acids is 1. The summed E-state index contributed by atoms with van der Waals surface area (Å²) in [7, 11) is 0. The largest absolute Gasteiger partial charge is 0.477 e. The summed E-state index contributed by atoms with van der Waals surface area (Å²) in [5, 5.41) is 4.87. The van der Waals surface area contributed by atoms with Crippen LogP contribution >= 0.6 is 11.3 Å². The molecule has 0 atom stereocenters. The molecule has 0 radical (unpaired) electrons. The van der Waals surface area contributed by atoms with Gasteiger partial charge in [0.2, 0.25) is 11.8 Å². The van der Waals surface area contributed by atoms with E-state index in [1.165, 1.54) is 12.8 Å². The van der Waals surface area contributed by atoms with Gasteiger partial charge in [-0.25, -0.2) is 9.97 Å². The molecule has 124 valence electrons. The van der Waals surface area contributed by atoms with Gasteiger partial charge in [-0.05, 0) is 24.3 Å². The molecule has 3 heterocycles. The van der Waals surface area contributed by atoms with E-state index in [0.717, 1.165) is 22.8 Å². The molecule has 0 unspecified atom stereocenters. The molecule has 4 rings (SSSR count). The average Bonchev–Trinajstić information content (AvgIpc) is 3.19. The Hall–Kier alpha value is -2.41. The van der Waals surface area contributed by atoms with Crippen molar-refractivity contribution in [3.05, 3.63) is 47.4 Å². The molecule has 7 heteroatoms. The number of rotatable bonds is 7. The predicted octanol–water partition coefficient (Wildman–Crippen LogP) is 2.44. The van der Waals surface area contributed by atoms with Gasteiger partial charge in [-0.1, -0.05) is 6.07 Å². The summed E-state index contributed by atoms with van der Waals surface area (Å²) < 4.78 is 7.53. The summed E-state index contributed by atoms with van der Waals surface area (Å²) in [5.41, 5.74) is 1.73. The van der Waals surface area contributed by atoms with Crippen LogP contribution in [0.3, 0.4) is 0 Å². The Bertz CT molecular complexity index is 807. The number of nitrogens with one attached hydrogen (secondary N) is 1. The Morgan fingerprint density at radius 2 is 2.33 bits per heavy atom. The highest BCUT2D eigenvalue weighted by Crippen LogP contribution is 2.29. The van der Waals surface area contributed by atoms with Crippen molar-refractivity contribution >= 4 is 22.2 Å². The number of hydrogen-bond acceptors (Lipinski definition) is 5. The third-order valence-corrected chi connectivity index (χ3v) is 4.71. The van der Waals surface area contributed by atoms with Gasteiger partial charge >= 0.3 is 0 Å². The van der Waals surface area contributed by atoms with Crippen LogP contribution in [0, 0.1) is 5.92 Å². The molecule has 0 bridgehead atoms. The van der Waals surface area contributed by atoms with Gasteiger partial charge < -0.3 is 10.1 Å². The molecular weight excluding hydrogens is 324 g/mol. The zero-order valence-electron chi connectivity index (χ0n) is 13.1. The van der Waals surface area contributed by atoms with Gasteiger partial charge in [0, 0.05) is 36.6 Å². The molecule has 1 aliphatic carbocycles. The highest BCUT2D eigenvalue weighted by atomic mass is 32.1. The number of pyridine rings is 1. The number of carbonyl (C=O) groups is 1. The Morgan fingerprint density at radius 3 is 3.08 bits per heavy atom. The first-order valence-corrected chi connectivity index (χ1v) is 8.90. The van der Waals surface area contributed by atoms with Crippen LogP contribution in [0.4, 0.5) is 0 Å². The minimum Gasteiger partial charge on any atom is -0.477 e. The molecule has 3 aromatic heterocycles. The Morgan fingerprint density at radius 1 is 1.42 bits per heavy atom. The third-order valence-electron chi connectivity index (χ3n) is 3.94. The summed E-state index contributed by atoms with van der Waals surface area (Å²) in [6.07, 6.45) is 8.38. The van der Waals surface area contributed by atoms with E-state index in [9.17, 15) is 4.79 Å². The number of ether oxygens (including phenoxy) is 1. The molecule has 1 amide bonds. The smallest absolute Gasteiger partial charge is 0.226 e. The summed E-state index contributed by atoms with van der Waals surface area (Å²) in [4.78, 5) is 21.6. The fourth-order valence-electron chi connectivity index (χ4n) is 2.38. The van der Waals surface area contributed by atoms with Crippen molar-refractivity contribution in [3.8, 4) is 5.88 Å². The lowest BCUT2D eigenvalue weighted by molar-refractivity contribution is -0.120. The van der Waals surface area contributed by atoms with Crippen LogP contribution in [0.2, 0.25) is 0 Å². The highest BCUT2D eigenvalue weighted by molar-refractivity contribution is 7.15. The van der Waals surface area contributed by atoms with E-state index in [0.29, 0.717) is 18.3 Å². The maximum Gasteiger partial charge on any atom is 0.226 e. The predicted molar refractivity (Wildman–Crippen MR) is 91.1 cm³/mol. The third kappa shape index (κ3) is 3.73. The molecule has 1 aliphatic rings. The van der Waals surface area contributed by atoms with Crippen molar-refractivity contribution in [1.29, 1.82) is 0 Å². The number of hydrogen-bond donors (Lipinski definition) is 1. The number of aromatic nitrogens is 3. The monoisotopic (exact) mass is 342 g/mol. The molecule has 0 saturated heterocycles. The van der Waals surface area contributed by atoms with Gasteiger partial charge in [0.15, 0.2) is 4.96 Å². The van der Waals surface area contributed by atoms with Crippen LogP contribution in [0.25, 0.3) is 4.96 Å². The molecule has 3 aromatic rings. The molecule has 1 saturated carbocycles. The van der Waals surface area contributed by atoms with E-state index in [4.69, 9.17) is 4.74 Å². The van der Waals surface area contributed by atoms with Gasteiger partial charge in [0.05, 0.1) is 18.7 Å². The first kappa shape index (κ1) is 15.1. The SMILES string of the molecule is O=C(Cc1cn2ccsc2n1)NCc1ccc(OCC2CC2)nc1. The molecular formula is C17H18N4O2S. The Balaban J connectivity index is 1.26. The summed E-state index contributed by atoms with van der Waals surface area (Å²) in [5.74, 6) is 1.31. The van der Waals surface area contributed by atoms with Crippen LogP contribution in [-0.2, 0) is 17.8 Å². The molecule has 6 nitrogen and oxygen atoms in total. The number of imidazole rings is 1. The van der Waals surface area contributed by atoms with Crippen molar-refractivity contribution in [2.75, 3.05) is 6.61 Å². The summed E-state index contributed by atoms with van der Waals surface area (Å²) >= 11 is 1.56. The minimum atomic E-state index is -0.0465. The van der Waals surface area contributed by atoms with Crippen molar-refractivity contribution < 1.29 is 9.53 Å². The second-order valence-electron chi connectivity index (χ2n) is 6.04. The lowest BCUT2D eigenvalue weighted by Gasteiger charge is -2.06. The maximum absolute atomic E-state index is 12.0. The fourth-order valence-corrected chi connectivity index (χ4v) is 3.10. The fraction of sp³-hybridized carbons (Fsp3) is 0.353. The second-order valence-corrected chi connectivity index (χ2v) is 6.91. The van der Waals surface area contributed by atoms with Crippen LogP contribution in [-0.4, -0.2) is 26.9 Å². The van der Waals surface area contributed by atoms with Crippen LogP contribution in [0.1, 0.15) is 24.1 Å². The van der Waals surface area contributed by atoms with E-state index in [-0.39, 0.29) is 12.3 Å². The van der Waals surface area contributed by atoms with Crippen LogP contribution < -0.4 is 10.1 Å². The van der Waals surface area contributed by atoms with Gasteiger partial charge in [-0.15, -0.1) is 11.3 Å². The normalized spacial score (nSPS) is 14.0. The number of fused-ring (bicyclic) bond motifs is 1. The molecule has 24 heavy (non-hydrogen) atoms. The molecule has 0 spiro atoms. The Labute approximate surface area is 143 Å². The van der Waals surface area contributed by atoms with Crippen molar-refractivity contribution in [3.63, 3.8) is 0 Å². The lowest BCUT2D eigenvalue weighted by Crippen LogP contribution is -2.24. The van der Waals surface area contributed by atoms with E-state index < -0.39 is 0 Å². The summed E-state index contributed by atoms with van der Waals surface area (Å²) in [6.45, 7) is 1.21. The van der Waals surface area contributed by atoms with Crippen molar-refractivity contribution in [1.82, 2.24) is 19.7 Å². The highest BCUT2D eigenvalue weighted by Gasteiger charge is 2.22. The number of nitrogens with zero attached hydrogens (tertiary/aromatic N) is 3. The first-order valence-electron chi connectivity index (χ1n) is 8.02. The first-order chi connectivity index (χ1) is 11.8. The average molecular weight is 342 g/mol. The van der Waals surface area contributed by atoms with Gasteiger partial charge in [-0.3, -0.25) is 9.20 Å². The van der Waals surface area contributed by atoms with Crippen LogP contribution in [0.5, 0.6) is 5.88 Å². The number of amides is 1. The van der Waals surface area contributed by atoms with E-state index in [2.05, 4.69) is 15.3 Å². The summed E-state index contributed by atoms with van der Waals surface area (Å²) in [6, 6.07) is 3.79. The molecule has 0 aromatic carbocycles. The number of thiazole rings is 1. The second kappa shape index (κ2) is 6.60. The van der Waals surface area contributed by atoms with E-state index in [1.807, 2.05) is 34.3 Å². The van der Waals surface area contributed by atoms with E-state index in [1.54, 1.807) is 17.5 Å². The lowest BCUT2D eigenvalue weighted by atomic mass is 10.2. The minimum absolute atomic E-state index is 0.0465. The van der Waals surface area contributed by atoms with Gasteiger partial charge in [0.25, 0.3) is 0 Å². The van der Waals surface area contributed by atoms with Crippen molar-refractivity contribution in [2.45, 2.75) is 25.8 Å². The van der Waals surface area contributed by atoms with Gasteiger partial charge in [-0.2, -0.15) is 0 Å².